The van der Waals surface area contributed by atoms with Crippen LogP contribution in [0, 0.1) is 19.7 Å². The number of aromatic nitrogens is 2. The predicted molar refractivity (Wildman–Crippen MR) is 156 cm³/mol. The monoisotopic (exact) mass is 534 g/mol. The van der Waals surface area contributed by atoms with Crippen molar-refractivity contribution in [3.05, 3.63) is 138 Å². The maximum absolute atomic E-state index is 14.9. The highest BCUT2D eigenvalue weighted by atomic mass is 32.1. The Labute approximate surface area is 232 Å². The fourth-order valence-electron chi connectivity index (χ4n) is 5.34. The number of rotatable bonds is 6. The zero-order chi connectivity index (χ0) is 26.9. The van der Waals surface area contributed by atoms with E-state index < -0.39 is 0 Å². The van der Waals surface area contributed by atoms with Gasteiger partial charge < -0.3 is 19.5 Å². The highest BCUT2D eigenvalue weighted by molar-refractivity contribution is 7.80. The van der Waals surface area contributed by atoms with Gasteiger partial charge in [-0.1, -0.05) is 36.4 Å². The fraction of sp³-hybridized carbons (Fsp3) is 0.125. The third kappa shape index (κ3) is 4.66. The zero-order valence-corrected chi connectivity index (χ0v) is 22.4. The minimum absolute atomic E-state index is 0.200. The van der Waals surface area contributed by atoms with Gasteiger partial charge in [0.1, 0.15) is 17.3 Å². The summed E-state index contributed by atoms with van der Waals surface area (Å²) in [6.45, 7) is 4.03. The third-order valence-corrected chi connectivity index (χ3v) is 7.39. The van der Waals surface area contributed by atoms with Crippen molar-refractivity contribution in [3.63, 3.8) is 0 Å². The molecule has 1 N–H and O–H groups in total. The first kappa shape index (κ1) is 24.8. The lowest BCUT2D eigenvalue weighted by Gasteiger charge is -2.28. The van der Waals surface area contributed by atoms with Crippen LogP contribution in [-0.4, -0.2) is 14.7 Å². The number of halogens is 1. The predicted octanol–water partition coefficient (Wildman–Crippen LogP) is 7.60. The van der Waals surface area contributed by atoms with Crippen molar-refractivity contribution < 1.29 is 9.13 Å². The average Bonchev–Trinajstić information content (AvgIpc) is 3.45. The van der Waals surface area contributed by atoms with Crippen LogP contribution in [0.2, 0.25) is 0 Å². The average molecular weight is 535 g/mol. The number of para-hydroxylation sites is 2. The normalized spacial score (nSPS) is 16.8. The maximum Gasteiger partial charge on any atom is 0.174 e. The summed E-state index contributed by atoms with van der Waals surface area (Å²) in [5.41, 5.74) is 5.26. The van der Waals surface area contributed by atoms with E-state index >= 15 is 0 Å². The Morgan fingerprint density at radius 1 is 0.846 bits per heavy atom. The van der Waals surface area contributed by atoms with Crippen molar-refractivity contribution in [1.82, 2.24) is 14.9 Å². The van der Waals surface area contributed by atoms with Gasteiger partial charge in [0.25, 0.3) is 0 Å². The molecule has 2 aromatic heterocycles. The second kappa shape index (κ2) is 10.3. The molecule has 0 spiro atoms. The topological polar surface area (TPSA) is 42.3 Å². The van der Waals surface area contributed by atoms with E-state index in [2.05, 4.69) is 21.3 Å². The lowest BCUT2D eigenvalue weighted by molar-refractivity contribution is 0.482. The van der Waals surface area contributed by atoms with Gasteiger partial charge >= 0.3 is 0 Å². The largest absolute Gasteiger partial charge is 0.457 e. The van der Waals surface area contributed by atoms with Crippen molar-refractivity contribution in [2.24, 2.45) is 0 Å². The van der Waals surface area contributed by atoms with E-state index in [1.54, 1.807) is 18.3 Å². The molecule has 39 heavy (non-hydrogen) atoms. The van der Waals surface area contributed by atoms with E-state index in [0.717, 1.165) is 39.8 Å². The van der Waals surface area contributed by atoms with Gasteiger partial charge in [-0.05, 0) is 98.4 Å². The number of nitrogens with one attached hydrogen (secondary N) is 1. The van der Waals surface area contributed by atoms with Crippen LogP contribution in [-0.2, 0) is 0 Å². The molecule has 5 aromatic rings. The molecule has 1 fully saturated rings. The fourth-order valence-corrected chi connectivity index (χ4v) is 5.69. The van der Waals surface area contributed by atoms with Crippen molar-refractivity contribution in [2.75, 3.05) is 4.90 Å². The van der Waals surface area contributed by atoms with E-state index in [4.69, 9.17) is 17.0 Å². The minimum Gasteiger partial charge on any atom is -0.457 e. The molecule has 1 saturated heterocycles. The van der Waals surface area contributed by atoms with Crippen LogP contribution in [0.3, 0.4) is 0 Å². The SMILES string of the molecule is Cc1cc([C@@H]2[C@@H](c3ccccn3)NC(=S)N2c2ccc(Oc3ccccc3)cc2)c(C)n1-c1ccccc1F. The first-order valence-electron chi connectivity index (χ1n) is 12.8. The maximum atomic E-state index is 14.9. The summed E-state index contributed by atoms with van der Waals surface area (Å²) in [6, 6.07) is 32.0. The van der Waals surface area contributed by atoms with E-state index in [0.29, 0.717) is 10.8 Å². The van der Waals surface area contributed by atoms with Gasteiger partial charge in [-0.25, -0.2) is 4.39 Å². The third-order valence-electron chi connectivity index (χ3n) is 7.07. The first-order valence-corrected chi connectivity index (χ1v) is 13.2. The molecular weight excluding hydrogens is 507 g/mol. The highest BCUT2D eigenvalue weighted by Gasteiger charge is 2.42. The van der Waals surface area contributed by atoms with Gasteiger partial charge in [0.15, 0.2) is 5.11 Å². The van der Waals surface area contributed by atoms with Gasteiger partial charge in [0.2, 0.25) is 0 Å². The number of thiocarbonyl (C=S) groups is 1. The van der Waals surface area contributed by atoms with Gasteiger partial charge in [-0.3, -0.25) is 4.98 Å². The van der Waals surface area contributed by atoms with Crippen LogP contribution in [0.4, 0.5) is 10.1 Å². The first-order chi connectivity index (χ1) is 19.0. The van der Waals surface area contributed by atoms with Gasteiger partial charge in [-0.15, -0.1) is 0 Å². The van der Waals surface area contributed by atoms with Crippen LogP contribution < -0.4 is 15.0 Å². The Hall–Kier alpha value is -4.49. The number of nitrogens with zero attached hydrogens (tertiary/aromatic N) is 3. The van der Waals surface area contributed by atoms with E-state index in [1.165, 1.54) is 6.07 Å². The molecule has 0 aliphatic carbocycles. The van der Waals surface area contributed by atoms with Gasteiger partial charge in [-0.2, -0.15) is 0 Å². The quantitative estimate of drug-likeness (QED) is 0.227. The van der Waals surface area contributed by atoms with E-state index in [-0.39, 0.29) is 17.9 Å². The Morgan fingerprint density at radius 3 is 2.26 bits per heavy atom. The number of pyridine rings is 1. The molecule has 7 heteroatoms. The second-order valence-corrected chi connectivity index (χ2v) is 9.91. The van der Waals surface area contributed by atoms with Gasteiger partial charge in [0, 0.05) is 23.3 Å². The van der Waals surface area contributed by atoms with Crippen molar-refractivity contribution in [2.45, 2.75) is 25.9 Å². The van der Waals surface area contributed by atoms with Crippen LogP contribution in [0.25, 0.3) is 5.69 Å². The molecule has 0 bridgehead atoms. The molecule has 0 unspecified atom stereocenters. The van der Waals surface area contributed by atoms with E-state index in [9.17, 15) is 4.39 Å². The minimum atomic E-state index is -0.266. The van der Waals surface area contributed by atoms with Crippen LogP contribution >= 0.6 is 12.2 Å². The summed E-state index contributed by atoms with van der Waals surface area (Å²) in [4.78, 5) is 6.78. The van der Waals surface area contributed by atoms with Crippen molar-refractivity contribution in [3.8, 4) is 17.2 Å². The summed E-state index contributed by atoms with van der Waals surface area (Å²) in [5.74, 6) is 1.24. The summed E-state index contributed by atoms with van der Waals surface area (Å²) in [6.07, 6.45) is 1.79. The Kier molecular flexibility index (Phi) is 6.59. The molecule has 3 heterocycles. The lowest BCUT2D eigenvalue weighted by Crippen LogP contribution is -2.29. The zero-order valence-electron chi connectivity index (χ0n) is 21.6. The molecular formula is C32H27FN4OS. The van der Waals surface area contributed by atoms with Gasteiger partial charge in [0.05, 0.1) is 23.5 Å². The number of aryl methyl sites for hydroxylation is 1. The Bertz CT molecular complexity index is 1620. The number of benzene rings is 3. The number of hydrogen-bond acceptors (Lipinski definition) is 3. The van der Waals surface area contributed by atoms with Crippen molar-refractivity contribution in [1.29, 1.82) is 0 Å². The standard InChI is InChI=1S/C32H27FN4OS/c1-21-20-26(22(2)36(21)29-14-7-6-12-27(29)33)31-30(28-13-8-9-19-34-28)35-32(39)37(31)23-15-17-25(18-16-23)38-24-10-4-3-5-11-24/h3-20,30-31H,1-2H3,(H,35,39)/t30-,31-/m1/s1. The second-order valence-electron chi connectivity index (χ2n) is 9.52. The Balaban J connectivity index is 1.43. The molecule has 0 amide bonds. The lowest BCUT2D eigenvalue weighted by atomic mass is 9.96. The molecule has 1 aliphatic rings. The summed E-state index contributed by atoms with van der Waals surface area (Å²) in [7, 11) is 0. The molecule has 0 saturated carbocycles. The Morgan fingerprint density at radius 2 is 1.54 bits per heavy atom. The van der Waals surface area contributed by atoms with Crippen LogP contribution in [0.5, 0.6) is 11.5 Å². The molecule has 5 nitrogen and oxygen atoms in total. The van der Waals surface area contributed by atoms with Crippen molar-refractivity contribution >= 4 is 23.0 Å². The molecule has 2 atom stereocenters. The highest BCUT2D eigenvalue weighted by Crippen LogP contribution is 2.44. The van der Waals surface area contributed by atoms with E-state index in [1.807, 2.05) is 97.3 Å². The number of anilines is 1. The number of ether oxygens (including phenoxy) is 1. The summed E-state index contributed by atoms with van der Waals surface area (Å²) in [5, 5.41) is 4.11. The molecule has 194 valence electrons. The molecule has 3 aromatic carbocycles. The molecule has 6 rings (SSSR count). The smallest absolute Gasteiger partial charge is 0.174 e. The summed E-state index contributed by atoms with van der Waals surface area (Å²) < 4.78 is 22.9. The van der Waals surface area contributed by atoms with Crippen LogP contribution in [0.1, 0.15) is 34.7 Å². The summed E-state index contributed by atoms with van der Waals surface area (Å²) >= 11 is 5.90. The van der Waals surface area contributed by atoms with Crippen LogP contribution in [0.15, 0.2) is 109 Å². The number of hydrogen-bond donors (Lipinski definition) is 1. The molecule has 1 aliphatic heterocycles. The molecule has 0 radical (unpaired) electrons.